The Kier molecular flexibility index (Phi) is 9.28. The number of benzene rings is 2. The molecule has 0 heterocycles. The number of anilines is 1. The smallest absolute Gasteiger partial charge is 0.244 e. The average Bonchev–Trinajstić information content (AvgIpc) is 2.78. The summed E-state index contributed by atoms with van der Waals surface area (Å²) < 4.78 is 31.5. The van der Waals surface area contributed by atoms with E-state index in [2.05, 4.69) is 5.32 Å². The van der Waals surface area contributed by atoms with E-state index >= 15 is 0 Å². The van der Waals surface area contributed by atoms with Crippen LogP contribution in [0.3, 0.4) is 0 Å². The van der Waals surface area contributed by atoms with E-state index in [9.17, 15) is 18.0 Å². The monoisotopic (exact) mass is 475 g/mol. The molecule has 0 fully saturated rings. The van der Waals surface area contributed by atoms with Gasteiger partial charge in [0.25, 0.3) is 0 Å². The van der Waals surface area contributed by atoms with Crippen molar-refractivity contribution in [2.75, 3.05) is 30.8 Å². The van der Waals surface area contributed by atoms with Gasteiger partial charge < -0.3 is 15.0 Å². The van der Waals surface area contributed by atoms with Crippen LogP contribution in [0.2, 0.25) is 0 Å². The van der Waals surface area contributed by atoms with E-state index in [0.717, 1.165) is 16.1 Å². The van der Waals surface area contributed by atoms with Crippen LogP contribution >= 0.6 is 0 Å². The molecule has 0 bridgehead atoms. The summed E-state index contributed by atoms with van der Waals surface area (Å²) in [4.78, 5) is 27.6. The third-order valence-electron chi connectivity index (χ3n) is 5.08. The highest BCUT2D eigenvalue weighted by Gasteiger charge is 2.31. The normalized spacial score (nSPS) is 12.2. The molecule has 0 saturated carbocycles. The third-order valence-corrected chi connectivity index (χ3v) is 6.21. The predicted octanol–water partition coefficient (Wildman–Crippen LogP) is 2.65. The molecule has 8 nitrogen and oxygen atoms in total. The van der Waals surface area contributed by atoms with Gasteiger partial charge in [0.1, 0.15) is 18.3 Å². The van der Waals surface area contributed by atoms with Crippen molar-refractivity contribution < 1.29 is 22.7 Å². The number of carbonyl (C=O) groups excluding carboxylic acids is 2. The molecule has 33 heavy (non-hydrogen) atoms. The Bertz CT molecular complexity index is 1040. The molecule has 2 aromatic rings. The van der Waals surface area contributed by atoms with E-state index in [-0.39, 0.29) is 24.1 Å². The second kappa shape index (κ2) is 11.7. The minimum absolute atomic E-state index is 0.166. The van der Waals surface area contributed by atoms with Gasteiger partial charge in [0.15, 0.2) is 0 Å². The Morgan fingerprint density at radius 1 is 1.00 bits per heavy atom. The van der Waals surface area contributed by atoms with Crippen molar-refractivity contribution in [1.82, 2.24) is 10.2 Å². The molecule has 9 heteroatoms. The van der Waals surface area contributed by atoms with Crippen LogP contribution < -0.4 is 14.4 Å². The van der Waals surface area contributed by atoms with Gasteiger partial charge in [0.05, 0.1) is 19.1 Å². The van der Waals surface area contributed by atoms with Crippen LogP contribution in [0.1, 0.15) is 26.3 Å². The summed E-state index contributed by atoms with van der Waals surface area (Å²) in [5, 5.41) is 2.85. The molecule has 0 aliphatic rings. The Morgan fingerprint density at radius 2 is 1.61 bits per heavy atom. The number of nitrogens with zero attached hydrogens (tertiary/aromatic N) is 2. The Balaban J connectivity index is 2.37. The fraction of sp³-hybridized carbons (Fsp3) is 0.417. The van der Waals surface area contributed by atoms with Gasteiger partial charge >= 0.3 is 0 Å². The number of sulfonamides is 1. The first-order chi connectivity index (χ1) is 15.5. The van der Waals surface area contributed by atoms with Crippen molar-refractivity contribution in [3.8, 4) is 5.75 Å². The number of amides is 2. The molecule has 2 rings (SSSR count). The van der Waals surface area contributed by atoms with Crippen LogP contribution in [0.25, 0.3) is 0 Å². The maximum Gasteiger partial charge on any atom is 0.244 e. The zero-order chi connectivity index (χ0) is 24.6. The minimum Gasteiger partial charge on any atom is -0.495 e. The summed E-state index contributed by atoms with van der Waals surface area (Å²) in [5.74, 6) is -0.211. The van der Waals surface area contributed by atoms with Gasteiger partial charge in [-0.25, -0.2) is 8.42 Å². The van der Waals surface area contributed by atoms with Crippen molar-refractivity contribution in [3.63, 3.8) is 0 Å². The molecule has 1 unspecified atom stereocenters. The molecular weight excluding hydrogens is 442 g/mol. The van der Waals surface area contributed by atoms with Crippen LogP contribution in [0.15, 0.2) is 54.6 Å². The number of ether oxygens (including phenoxy) is 1. The van der Waals surface area contributed by atoms with Crippen molar-refractivity contribution in [2.45, 2.75) is 33.4 Å². The van der Waals surface area contributed by atoms with Crippen LogP contribution in [-0.2, 0) is 26.2 Å². The highest BCUT2D eigenvalue weighted by atomic mass is 32.2. The molecule has 0 aliphatic carbocycles. The van der Waals surface area contributed by atoms with Gasteiger partial charge in [0.2, 0.25) is 21.8 Å². The molecular formula is C24H33N3O5S. The maximum atomic E-state index is 13.5. The van der Waals surface area contributed by atoms with E-state index in [1.54, 1.807) is 31.2 Å². The molecule has 1 N–H and O–H groups in total. The van der Waals surface area contributed by atoms with E-state index in [4.69, 9.17) is 4.74 Å². The first kappa shape index (κ1) is 26.2. The average molecular weight is 476 g/mol. The van der Waals surface area contributed by atoms with Crippen molar-refractivity contribution in [1.29, 1.82) is 0 Å². The zero-order valence-electron chi connectivity index (χ0n) is 19.8. The minimum atomic E-state index is -3.81. The summed E-state index contributed by atoms with van der Waals surface area (Å²) in [7, 11) is -2.38. The van der Waals surface area contributed by atoms with Crippen molar-refractivity contribution >= 4 is 27.5 Å². The lowest BCUT2D eigenvalue weighted by Crippen LogP contribution is -2.51. The summed E-state index contributed by atoms with van der Waals surface area (Å²) in [6, 6.07) is 15.1. The van der Waals surface area contributed by atoms with Gasteiger partial charge in [-0.05, 0) is 30.5 Å². The topological polar surface area (TPSA) is 96.0 Å². The fourth-order valence-electron chi connectivity index (χ4n) is 3.25. The Hall–Kier alpha value is -3.07. The molecule has 0 spiro atoms. The van der Waals surface area contributed by atoms with Gasteiger partial charge in [0, 0.05) is 13.1 Å². The summed E-state index contributed by atoms with van der Waals surface area (Å²) in [5.41, 5.74) is 1.09. The van der Waals surface area contributed by atoms with Crippen molar-refractivity contribution in [2.24, 2.45) is 5.92 Å². The largest absolute Gasteiger partial charge is 0.495 e. The van der Waals surface area contributed by atoms with E-state index < -0.39 is 28.5 Å². The lowest BCUT2D eigenvalue weighted by atomic mass is 10.1. The molecule has 180 valence electrons. The molecule has 0 aromatic heterocycles. The van der Waals surface area contributed by atoms with E-state index in [1.807, 2.05) is 44.2 Å². The Labute approximate surface area is 196 Å². The number of rotatable bonds is 11. The fourth-order valence-corrected chi connectivity index (χ4v) is 4.10. The quantitative estimate of drug-likeness (QED) is 0.539. The standard InChI is InChI=1S/C24H33N3O5S/c1-18(2)15-25-24(29)19(3)26(16-20-11-7-6-8-12-20)23(28)17-27(33(5,30)31)21-13-9-10-14-22(21)32-4/h6-14,18-19H,15-17H2,1-5H3,(H,25,29). The maximum absolute atomic E-state index is 13.5. The number of hydrogen-bond donors (Lipinski definition) is 1. The molecule has 2 aromatic carbocycles. The number of carbonyl (C=O) groups is 2. The molecule has 0 saturated heterocycles. The zero-order valence-corrected chi connectivity index (χ0v) is 20.6. The van der Waals surface area contributed by atoms with Gasteiger partial charge in [-0.3, -0.25) is 13.9 Å². The number of methoxy groups -OCH3 is 1. The number of nitrogens with one attached hydrogen (secondary N) is 1. The van der Waals surface area contributed by atoms with Gasteiger partial charge in [-0.1, -0.05) is 56.3 Å². The molecule has 1 atom stereocenters. The predicted molar refractivity (Wildman–Crippen MR) is 129 cm³/mol. The Morgan fingerprint density at radius 3 is 2.18 bits per heavy atom. The molecule has 0 aliphatic heterocycles. The van der Waals surface area contributed by atoms with Crippen LogP contribution in [0.4, 0.5) is 5.69 Å². The third kappa shape index (κ3) is 7.49. The summed E-state index contributed by atoms with van der Waals surface area (Å²) in [6.07, 6.45) is 1.03. The first-order valence-corrected chi connectivity index (χ1v) is 12.6. The number of hydrogen-bond acceptors (Lipinski definition) is 5. The van der Waals surface area contributed by atoms with Gasteiger partial charge in [-0.15, -0.1) is 0 Å². The van der Waals surface area contributed by atoms with Crippen molar-refractivity contribution in [3.05, 3.63) is 60.2 Å². The molecule has 0 radical (unpaired) electrons. The lowest BCUT2D eigenvalue weighted by molar-refractivity contribution is -0.139. The van der Waals surface area contributed by atoms with E-state index in [1.165, 1.54) is 12.0 Å². The SMILES string of the molecule is COc1ccccc1N(CC(=O)N(Cc1ccccc1)C(C)C(=O)NCC(C)C)S(C)(=O)=O. The highest BCUT2D eigenvalue weighted by Crippen LogP contribution is 2.29. The number of para-hydroxylation sites is 2. The second-order valence-corrected chi connectivity index (χ2v) is 10.2. The van der Waals surface area contributed by atoms with Crippen LogP contribution in [0, 0.1) is 5.92 Å². The van der Waals surface area contributed by atoms with Gasteiger partial charge in [-0.2, -0.15) is 0 Å². The van der Waals surface area contributed by atoms with Crippen LogP contribution in [-0.4, -0.2) is 57.6 Å². The lowest BCUT2D eigenvalue weighted by Gasteiger charge is -2.32. The summed E-state index contributed by atoms with van der Waals surface area (Å²) in [6.45, 7) is 5.79. The summed E-state index contributed by atoms with van der Waals surface area (Å²) >= 11 is 0. The van der Waals surface area contributed by atoms with Crippen LogP contribution in [0.5, 0.6) is 5.75 Å². The first-order valence-electron chi connectivity index (χ1n) is 10.8. The second-order valence-electron chi connectivity index (χ2n) is 8.26. The molecule has 2 amide bonds. The highest BCUT2D eigenvalue weighted by molar-refractivity contribution is 7.92. The van der Waals surface area contributed by atoms with E-state index in [0.29, 0.717) is 12.3 Å².